The van der Waals surface area contributed by atoms with E-state index < -0.39 is 0 Å². The van der Waals surface area contributed by atoms with Gasteiger partial charge in [-0.05, 0) is 67.4 Å². The monoisotopic (exact) mass is 503 g/mol. The maximum atomic E-state index is 13.8. The molecule has 8 heteroatoms. The second-order valence-corrected chi connectivity index (χ2v) is 11.2. The minimum Gasteiger partial charge on any atom is -0.337 e. The van der Waals surface area contributed by atoms with Crippen molar-refractivity contribution < 1.29 is 4.79 Å². The third-order valence-corrected chi connectivity index (χ3v) is 9.17. The zero-order valence-electron chi connectivity index (χ0n) is 17.9. The number of hydrogen-bond acceptors (Lipinski definition) is 5. The summed E-state index contributed by atoms with van der Waals surface area (Å²) >= 11 is 15.7. The lowest BCUT2D eigenvalue weighted by molar-refractivity contribution is -0.124. The normalized spacial score (nSPS) is 22.9. The minimum atomic E-state index is 0.0483. The Hall–Kier alpha value is -1.60. The summed E-state index contributed by atoms with van der Waals surface area (Å²) in [7, 11) is 1.99. The van der Waals surface area contributed by atoms with Crippen LogP contribution in [0.3, 0.4) is 0 Å². The lowest BCUT2D eigenvalue weighted by atomic mass is 9.94. The first-order valence-corrected chi connectivity index (χ1v) is 13.1. The van der Waals surface area contributed by atoms with Crippen LogP contribution in [-0.4, -0.2) is 29.1 Å². The van der Waals surface area contributed by atoms with E-state index in [9.17, 15) is 4.79 Å². The van der Waals surface area contributed by atoms with Crippen molar-refractivity contribution in [2.75, 3.05) is 11.9 Å². The molecule has 0 spiro atoms. The molecule has 0 bridgehead atoms. The molecule has 4 nitrogen and oxygen atoms in total. The van der Waals surface area contributed by atoms with E-state index in [1.54, 1.807) is 11.8 Å². The molecule has 0 aromatic heterocycles. The first-order valence-electron chi connectivity index (χ1n) is 10.7. The molecule has 5 rings (SSSR count). The number of carbonyl (C=O) groups is 1. The van der Waals surface area contributed by atoms with Crippen LogP contribution in [0.2, 0.25) is 10.0 Å². The molecule has 166 valence electrons. The Morgan fingerprint density at radius 3 is 2.56 bits per heavy atom. The molecular weight excluding hydrogens is 481 g/mol. The molecule has 2 aromatic rings. The molecule has 2 heterocycles. The first-order chi connectivity index (χ1) is 15.4. The third-order valence-electron chi connectivity index (χ3n) is 6.12. The van der Waals surface area contributed by atoms with E-state index in [1.165, 1.54) is 18.2 Å². The number of fused-ring (bicyclic) bond motifs is 1. The van der Waals surface area contributed by atoms with Gasteiger partial charge < -0.3 is 4.90 Å². The number of hydrogen-bond donors (Lipinski definition) is 0. The molecule has 1 aliphatic carbocycles. The lowest BCUT2D eigenvalue weighted by Crippen LogP contribution is -2.40. The molecule has 2 aliphatic heterocycles. The maximum absolute atomic E-state index is 13.8. The van der Waals surface area contributed by atoms with E-state index in [1.807, 2.05) is 55.3 Å². The summed E-state index contributed by atoms with van der Waals surface area (Å²) in [6.07, 6.45) is 5.55. The van der Waals surface area contributed by atoms with Crippen LogP contribution in [0.1, 0.15) is 37.7 Å². The quantitative estimate of drug-likeness (QED) is 0.395. The summed E-state index contributed by atoms with van der Waals surface area (Å²) < 4.78 is 0. The summed E-state index contributed by atoms with van der Waals surface area (Å²) in [5.74, 6) is 0.0483. The molecule has 2 fully saturated rings. The predicted molar refractivity (Wildman–Crippen MR) is 137 cm³/mol. The van der Waals surface area contributed by atoms with Crippen molar-refractivity contribution in [1.29, 1.82) is 0 Å². The van der Waals surface area contributed by atoms with Gasteiger partial charge in [0, 0.05) is 28.0 Å². The van der Waals surface area contributed by atoms with Crippen LogP contribution in [-0.2, 0) is 4.79 Å². The van der Waals surface area contributed by atoms with Gasteiger partial charge in [0.2, 0.25) is 0 Å². The second kappa shape index (κ2) is 8.98. The zero-order chi connectivity index (χ0) is 22.4. The highest BCUT2D eigenvalue weighted by molar-refractivity contribution is 8.19. The van der Waals surface area contributed by atoms with Crippen molar-refractivity contribution in [3.63, 3.8) is 0 Å². The van der Waals surface area contributed by atoms with Crippen LogP contribution < -0.4 is 4.90 Å². The Morgan fingerprint density at radius 2 is 1.81 bits per heavy atom. The van der Waals surface area contributed by atoms with Crippen LogP contribution >= 0.6 is 46.7 Å². The number of amides is 1. The molecule has 0 radical (unpaired) electrons. The van der Waals surface area contributed by atoms with Gasteiger partial charge >= 0.3 is 0 Å². The fourth-order valence-corrected chi connectivity index (χ4v) is 7.06. The van der Waals surface area contributed by atoms with Crippen molar-refractivity contribution in [2.45, 2.75) is 50.0 Å². The molecule has 1 saturated heterocycles. The van der Waals surface area contributed by atoms with Gasteiger partial charge in [-0.3, -0.25) is 9.69 Å². The van der Waals surface area contributed by atoms with Gasteiger partial charge in [0.25, 0.3) is 5.91 Å². The number of amidine groups is 1. The highest BCUT2D eigenvalue weighted by atomic mass is 35.5. The smallest absolute Gasteiger partial charge is 0.269 e. The second-order valence-electron chi connectivity index (χ2n) is 8.30. The van der Waals surface area contributed by atoms with Crippen molar-refractivity contribution in [3.05, 3.63) is 61.9 Å². The zero-order valence-corrected chi connectivity index (χ0v) is 21.0. The van der Waals surface area contributed by atoms with Crippen LogP contribution in [0.25, 0.3) is 0 Å². The summed E-state index contributed by atoms with van der Waals surface area (Å²) in [6, 6.07) is 11.8. The molecule has 1 saturated carbocycles. The number of thioether (sulfide) groups is 2. The van der Waals surface area contributed by atoms with Crippen LogP contribution in [0, 0.1) is 6.92 Å². The maximum Gasteiger partial charge on any atom is 0.269 e. The number of aryl methyl sites for hydroxylation is 1. The van der Waals surface area contributed by atoms with Crippen molar-refractivity contribution in [2.24, 2.45) is 4.99 Å². The van der Waals surface area contributed by atoms with Gasteiger partial charge in [-0.2, -0.15) is 0 Å². The largest absolute Gasteiger partial charge is 0.337 e. The molecule has 3 aliphatic rings. The van der Waals surface area contributed by atoms with Crippen LogP contribution in [0.4, 0.5) is 11.4 Å². The number of nitrogens with zero attached hydrogens (tertiary/aromatic N) is 3. The molecule has 0 N–H and O–H groups in total. The first kappa shape index (κ1) is 22.2. The Morgan fingerprint density at radius 1 is 1.03 bits per heavy atom. The van der Waals surface area contributed by atoms with E-state index >= 15 is 0 Å². The Balaban J connectivity index is 1.56. The van der Waals surface area contributed by atoms with Crippen LogP contribution in [0.5, 0.6) is 0 Å². The number of carbonyl (C=O) groups excluding carboxylic acids is 1. The molecule has 0 unspecified atom stereocenters. The highest BCUT2D eigenvalue weighted by Gasteiger charge is 2.42. The standard InChI is InChI=1S/C24H23Cl2N3OS2/c1-14-8-10-16(13-18(14)26)27-24-29(17-6-4-3-5-7-17)22(30)21(32-24)23-28(2)19-12-15(25)9-11-20(19)31-23/h8-13,17H,3-7H2,1-2H3/b23-21-,27-24?. The minimum absolute atomic E-state index is 0.0483. The van der Waals surface area contributed by atoms with Gasteiger partial charge in [0.1, 0.15) is 4.91 Å². The highest BCUT2D eigenvalue weighted by Crippen LogP contribution is 2.51. The van der Waals surface area contributed by atoms with Crippen LogP contribution in [0.15, 0.2) is 56.2 Å². The van der Waals surface area contributed by atoms with Gasteiger partial charge in [-0.15, -0.1) is 0 Å². The molecule has 2 aromatic carbocycles. The van der Waals surface area contributed by atoms with E-state index in [2.05, 4.69) is 4.90 Å². The number of rotatable bonds is 2. The number of halogens is 2. The molecule has 32 heavy (non-hydrogen) atoms. The fourth-order valence-electron chi connectivity index (χ4n) is 4.33. The van der Waals surface area contributed by atoms with Crippen molar-refractivity contribution in [3.8, 4) is 0 Å². The van der Waals surface area contributed by atoms with E-state index in [-0.39, 0.29) is 11.9 Å². The Kier molecular flexibility index (Phi) is 6.23. The Labute approximate surface area is 207 Å². The van der Waals surface area contributed by atoms with Gasteiger partial charge in [-0.1, -0.05) is 60.3 Å². The fraction of sp³-hybridized carbons (Fsp3) is 0.333. The summed E-state index contributed by atoms with van der Waals surface area (Å²) in [6.45, 7) is 1.97. The van der Waals surface area contributed by atoms with Gasteiger partial charge in [-0.25, -0.2) is 4.99 Å². The molecule has 0 atom stereocenters. The lowest BCUT2D eigenvalue weighted by Gasteiger charge is -2.30. The van der Waals surface area contributed by atoms with E-state index in [0.717, 1.165) is 62.6 Å². The molecule has 1 amide bonds. The van der Waals surface area contributed by atoms with Gasteiger partial charge in [0.05, 0.1) is 16.4 Å². The van der Waals surface area contributed by atoms with Crippen molar-refractivity contribution in [1.82, 2.24) is 4.90 Å². The number of anilines is 1. The van der Waals surface area contributed by atoms with Gasteiger partial charge in [0.15, 0.2) is 5.17 Å². The number of aliphatic imine (C=N–C) groups is 1. The predicted octanol–water partition coefficient (Wildman–Crippen LogP) is 7.61. The third kappa shape index (κ3) is 4.07. The summed E-state index contributed by atoms with van der Waals surface area (Å²) in [5.41, 5.74) is 2.81. The van der Waals surface area contributed by atoms with E-state index in [4.69, 9.17) is 28.2 Å². The van der Waals surface area contributed by atoms with E-state index in [0.29, 0.717) is 10.0 Å². The summed E-state index contributed by atoms with van der Waals surface area (Å²) in [5, 5.41) is 3.05. The summed E-state index contributed by atoms with van der Waals surface area (Å²) in [4.78, 5) is 24.5. The number of benzene rings is 2. The average molecular weight is 505 g/mol. The average Bonchev–Trinajstić information content (AvgIpc) is 3.27. The SMILES string of the molecule is Cc1ccc(N=C2S/C(=C3\Sc4ccc(Cl)cc4N3C)C(=O)N2C2CCCCC2)cc1Cl. The molecular formula is C24H23Cl2N3OS2. The van der Waals surface area contributed by atoms with Crippen molar-refractivity contribution >= 4 is 69.2 Å². The Bertz CT molecular complexity index is 1160. The topological polar surface area (TPSA) is 35.9 Å².